The number of oxime groups is 1. The third-order valence-electron chi connectivity index (χ3n) is 5.62. The topological polar surface area (TPSA) is 28.1 Å². The van der Waals surface area contributed by atoms with Crippen molar-refractivity contribution >= 4 is 11.4 Å². The Morgan fingerprint density at radius 1 is 1.04 bits per heavy atom. The Kier molecular flexibility index (Phi) is 5.17. The second-order valence-electron chi connectivity index (χ2n) is 8.15. The maximum Gasteiger partial charge on any atom is 0.155 e. The highest BCUT2D eigenvalue weighted by Crippen LogP contribution is 2.34. The van der Waals surface area contributed by atoms with E-state index >= 15 is 0 Å². The molecule has 1 spiro atoms. The summed E-state index contributed by atoms with van der Waals surface area (Å²) in [5.41, 5.74) is 4.98. The summed E-state index contributed by atoms with van der Waals surface area (Å²) in [6.45, 7) is 3.08. The average molecular weight is 364 g/mol. The molecule has 1 saturated heterocycles. The first kappa shape index (κ1) is 18.1. The van der Waals surface area contributed by atoms with Gasteiger partial charge < -0.3 is 9.74 Å². The average Bonchev–Trinajstić information content (AvgIpc) is 3.04. The number of likely N-dealkylation sites (tertiary alicyclic amines) is 1. The van der Waals surface area contributed by atoms with Crippen LogP contribution in [0.25, 0.3) is 0 Å². The lowest BCUT2D eigenvalue weighted by Crippen LogP contribution is -2.47. The van der Waals surface area contributed by atoms with Crippen molar-refractivity contribution in [3.63, 3.8) is 0 Å². The SMILES string of the molecule is CN(C)c1ccc(CN2CCCC3(CC(Cc4ccccc4)=NO3)C2)cc1. The zero-order valence-electron chi connectivity index (χ0n) is 16.4. The smallest absolute Gasteiger partial charge is 0.155 e. The van der Waals surface area contributed by atoms with Crippen molar-refractivity contribution in [2.45, 2.75) is 37.8 Å². The molecule has 4 nitrogen and oxygen atoms in total. The van der Waals surface area contributed by atoms with Gasteiger partial charge in [-0.3, -0.25) is 4.90 Å². The second-order valence-corrected chi connectivity index (χ2v) is 8.15. The van der Waals surface area contributed by atoms with Gasteiger partial charge in [0.15, 0.2) is 5.60 Å². The molecule has 0 amide bonds. The van der Waals surface area contributed by atoms with Crippen molar-refractivity contribution in [3.8, 4) is 0 Å². The minimum Gasteiger partial charge on any atom is -0.387 e. The van der Waals surface area contributed by atoms with Gasteiger partial charge in [0.25, 0.3) is 0 Å². The van der Waals surface area contributed by atoms with Gasteiger partial charge in [0.1, 0.15) is 0 Å². The summed E-state index contributed by atoms with van der Waals surface area (Å²) in [6.07, 6.45) is 4.13. The summed E-state index contributed by atoms with van der Waals surface area (Å²) in [4.78, 5) is 10.7. The number of anilines is 1. The Hall–Kier alpha value is -2.33. The summed E-state index contributed by atoms with van der Waals surface area (Å²) in [6, 6.07) is 19.4. The first-order chi connectivity index (χ1) is 13.1. The molecule has 0 saturated carbocycles. The highest BCUT2D eigenvalue weighted by atomic mass is 16.7. The van der Waals surface area contributed by atoms with Crippen LogP contribution < -0.4 is 4.90 Å². The number of benzene rings is 2. The number of hydrogen-bond acceptors (Lipinski definition) is 4. The summed E-state index contributed by atoms with van der Waals surface area (Å²) in [5, 5.41) is 4.46. The van der Waals surface area contributed by atoms with Gasteiger partial charge in [0.2, 0.25) is 0 Å². The minimum atomic E-state index is -0.119. The third kappa shape index (κ3) is 4.33. The molecule has 0 N–H and O–H groups in total. The molecule has 2 aromatic carbocycles. The van der Waals surface area contributed by atoms with Crippen LogP contribution in [0.2, 0.25) is 0 Å². The number of hydrogen-bond donors (Lipinski definition) is 0. The van der Waals surface area contributed by atoms with Crippen molar-refractivity contribution in [2.75, 3.05) is 32.1 Å². The van der Waals surface area contributed by atoms with E-state index in [1.165, 1.54) is 28.9 Å². The zero-order valence-corrected chi connectivity index (χ0v) is 16.4. The Morgan fingerprint density at radius 3 is 2.56 bits per heavy atom. The fourth-order valence-electron chi connectivity index (χ4n) is 4.23. The van der Waals surface area contributed by atoms with Crippen LogP contribution in [0.5, 0.6) is 0 Å². The van der Waals surface area contributed by atoms with Crippen LogP contribution in [0.15, 0.2) is 59.8 Å². The first-order valence-corrected chi connectivity index (χ1v) is 9.88. The minimum absolute atomic E-state index is 0.119. The highest BCUT2D eigenvalue weighted by Gasteiger charge is 2.42. The fourth-order valence-corrected chi connectivity index (χ4v) is 4.23. The summed E-state index contributed by atoms with van der Waals surface area (Å²) >= 11 is 0. The van der Waals surface area contributed by atoms with E-state index in [2.05, 4.69) is 83.6 Å². The summed E-state index contributed by atoms with van der Waals surface area (Å²) < 4.78 is 0. The number of rotatable bonds is 5. The van der Waals surface area contributed by atoms with E-state index in [0.29, 0.717) is 0 Å². The predicted molar refractivity (Wildman–Crippen MR) is 111 cm³/mol. The molecule has 27 heavy (non-hydrogen) atoms. The molecule has 1 fully saturated rings. The summed E-state index contributed by atoms with van der Waals surface area (Å²) in [5.74, 6) is 0. The van der Waals surface area contributed by atoms with Gasteiger partial charge in [0, 0.05) is 45.7 Å². The van der Waals surface area contributed by atoms with Crippen LogP contribution in [0, 0.1) is 0 Å². The van der Waals surface area contributed by atoms with Crippen LogP contribution in [0.4, 0.5) is 5.69 Å². The molecule has 2 aliphatic rings. The molecular weight excluding hydrogens is 334 g/mol. The van der Waals surface area contributed by atoms with Gasteiger partial charge in [-0.1, -0.05) is 47.6 Å². The Morgan fingerprint density at radius 2 is 1.81 bits per heavy atom. The van der Waals surface area contributed by atoms with Crippen LogP contribution in [-0.4, -0.2) is 43.4 Å². The number of nitrogens with zero attached hydrogens (tertiary/aromatic N) is 3. The van der Waals surface area contributed by atoms with E-state index in [9.17, 15) is 0 Å². The maximum absolute atomic E-state index is 6.02. The van der Waals surface area contributed by atoms with E-state index in [0.717, 1.165) is 38.9 Å². The standard InChI is InChI=1S/C23H29N3O/c1-25(2)22-11-9-20(10-12-22)17-26-14-6-13-23(18-26)16-21(24-27-23)15-19-7-4-3-5-8-19/h3-5,7-12H,6,13-18H2,1-2H3. The van der Waals surface area contributed by atoms with Crippen molar-refractivity contribution in [1.29, 1.82) is 0 Å². The van der Waals surface area contributed by atoms with Crippen molar-refractivity contribution in [3.05, 3.63) is 65.7 Å². The first-order valence-electron chi connectivity index (χ1n) is 9.88. The van der Waals surface area contributed by atoms with Crippen molar-refractivity contribution in [1.82, 2.24) is 4.90 Å². The molecule has 1 atom stereocenters. The van der Waals surface area contributed by atoms with Gasteiger partial charge in [0.05, 0.1) is 5.71 Å². The van der Waals surface area contributed by atoms with Crippen LogP contribution >= 0.6 is 0 Å². The van der Waals surface area contributed by atoms with Gasteiger partial charge in [-0.25, -0.2) is 0 Å². The molecule has 142 valence electrons. The lowest BCUT2D eigenvalue weighted by molar-refractivity contribution is -0.0704. The molecule has 4 heteroatoms. The van der Waals surface area contributed by atoms with Crippen LogP contribution in [-0.2, 0) is 17.8 Å². The molecule has 0 bridgehead atoms. The molecule has 0 aromatic heterocycles. The van der Waals surface area contributed by atoms with E-state index in [-0.39, 0.29) is 5.60 Å². The molecule has 0 aliphatic carbocycles. The fraction of sp³-hybridized carbons (Fsp3) is 0.435. The second kappa shape index (κ2) is 7.73. The molecule has 4 rings (SSSR count). The van der Waals surface area contributed by atoms with Gasteiger partial charge in [-0.05, 0) is 42.6 Å². The lowest BCUT2D eigenvalue weighted by Gasteiger charge is -2.38. The summed E-state index contributed by atoms with van der Waals surface area (Å²) in [7, 11) is 4.15. The van der Waals surface area contributed by atoms with Crippen LogP contribution in [0.1, 0.15) is 30.4 Å². The Balaban J connectivity index is 1.35. The molecule has 2 heterocycles. The van der Waals surface area contributed by atoms with E-state index < -0.39 is 0 Å². The van der Waals surface area contributed by atoms with Gasteiger partial charge in [-0.15, -0.1) is 0 Å². The maximum atomic E-state index is 6.02. The highest BCUT2D eigenvalue weighted by molar-refractivity contribution is 5.88. The van der Waals surface area contributed by atoms with E-state index in [1.54, 1.807) is 0 Å². The van der Waals surface area contributed by atoms with Crippen molar-refractivity contribution in [2.24, 2.45) is 5.16 Å². The number of piperidine rings is 1. The monoisotopic (exact) mass is 363 g/mol. The normalized spacial score (nSPS) is 22.5. The lowest BCUT2D eigenvalue weighted by atomic mass is 9.86. The van der Waals surface area contributed by atoms with Gasteiger partial charge >= 0.3 is 0 Å². The quantitative estimate of drug-likeness (QED) is 0.800. The molecule has 1 unspecified atom stereocenters. The largest absolute Gasteiger partial charge is 0.387 e. The predicted octanol–water partition coefficient (Wildman–Crippen LogP) is 4.11. The van der Waals surface area contributed by atoms with Crippen molar-refractivity contribution < 1.29 is 4.84 Å². The van der Waals surface area contributed by atoms with E-state index in [1.807, 2.05) is 0 Å². The van der Waals surface area contributed by atoms with E-state index in [4.69, 9.17) is 4.84 Å². The molecule has 0 radical (unpaired) electrons. The zero-order chi connectivity index (χ0) is 18.7. The third-order valence-corrected chi connectivity index (χ3v) is 5.62. The van der Waals surface area contributed by atoms with Crippen LogP contribution in [0.3, 0.4) is 0 Å². The Bertz CT molecular complexity index is 785. The molecule has 2 aliphatic heterocycles. The van der Waals surface area contributed by atoms with Gasteiger partial charge in [-0.2, -0.15) is 0 Å². The molecule has 2 aromatic rings. The Labute approximate surface area is 162 Å². The molecular formula is C23H29N3O.